The molecule has 3 nitrogen and oxygen atoms in total. The van der Waals surface area contributed by atoms with E-state index in [4.69, 9.17) is 5.73 Å². The van der Waals surface area contributed by atoms with Crippen LogP contribution in [0.5, 0.6) is 0 Å². The van der Waals surface area contributed by atoms with Crippen LogP contribution in [0, 0.1) is 6.92 Å². The van der Waals surface area contributed by atoms with Crippen LogP contribution in [-0.2, 0) is 0 Å². The van der Waals surface area contributed by atoms with Crippen molar-refractivity contribution in [2.24, 2.45) is 5.73 Å². The van der Waals surface area contributed by atoms with Crippen molar-refractivity contribution in [3.05, 3.63) is 41.7 Å². The molecule has 0 saturated heterocycles. The average Bonchev–Trinajstić information content (AvgIpc) is 2.62. The van der Waals surface area contributed by atoms with Crippen LogP contribution in [0.3, 0.4) is 0 Å². The van der Waals surface area contributed by atoms with Crippen molar-refractivity contribution in [2.45, 2.75) is 19.9 Å². The topological polar surface area (TPSA) is 54.7 Å². The summed E-state index contributed by atoms with van der Waals surface area (Å²) in [7, 11) is 0. The Hall–Kier alpha value is -1.61. The quantitative estimate of drug-likeness (QED) is 0.784. The molecule has 1 aromatic heterocycles. The number of nitrogens with one attached hydrogen (secondary N) is 1. The van der Waals surface area contributed by atoms with E-state index in [9.17, 15) is 0 Å². The molecule has 2 aromatic rings. The first-order valence-corrected chi connectivity index (χ1v) is 5.06. The second kappa shape index (κ2) is 3.87. The summed E-state index contributed by atoms with van der Waals surface area (Å²) < 4.78 is 0. The molecule has 1 heterocycles. The standard InChI is InChI=1S/C12H15N3/c1-8(13)11-9(2)14-12(15-11)10-6-4-3-5-7-10/h3-8H,13H2,1-2H3,(H,14,15)/t8-/m0/s1. The molecule has 0 bridgehead atoms. The van der Waals surface area contributed by atoms with E-state index in [1.165, 1.54) is 0 Å². The van der Waals surface area contributed by atoms with Gasteiger partial charge in [0.05, 0.1) is 5.69 Å². The molecule has 0 aliphatic carbocycles. The molecule has 0 unspecified atom stereocenters. The molecule has 15 heavy (non-hydrogen) atoms. The maximum absolute atomic E-state index is 5.82. The van der Waals surface area contributed by atoms with Crippen molar-refractivity contribution in [1.29, 1.82) is 0 Å². The zero-order valence-electron chi connectivity index (χ0n) is 8.99. The molecule has 0 spiro atoms. The second-order valence-electron chi connectivity index (χ2n) is 3.75. The van der Waals surface area contributed by atoms with Gasteiger partial charge in [0.15, 0.2) is 0 Å². The van der Waals surface area contributed by atoms with Crippen LogP contribution < -0.4 is 5.73 Å². The average molecular weight is 201 g/mol. The molecule has 0 amide bonds. The minimum Gasteiger partial charge on any atom is -0.342 e. The molecule has 2 rings (SSSR count). The number of aromatic amines is 1. The van der Waals surface area contributed by atoms with Crippen LogP contribution in [0.4, 0.5) is 0 Å². The molecule has 0 fully saturated rings. The van der Waals surface area contributed by atoms with Crippen LogP contribution in [0.2, 0.25) is 0 Å². The van der Waals surface area contributed by atoms with Crippen molar-refractivity contribution in [3.8, 4) is 11.4 Å². The number of nitrogens with zero attached hydrogens (tertiary/aromatic N) is 1. The fourth-order valence-electron chi connectivity index (χ4n) is 1.65. The van der Waals surface area contributed by atoms with Crippen LogP contribution in [0.1, 0.15) is 24.4 Å². The number of benzene rings is 1. The number of imidazole rings is 1. The van der Waals surface area contributed by atoms with Gasteiger partial charge in [-0.15, -0.1) is 0 Å². The third-order valence-electron chi connectivity index (χ3n) is 2.40. The smallest absolute Gasteiger partial charge is 0.137 e. The Morgan fingerprint density at radius 1 is 1.27 bits per heavy atom. The van der Waals surface area contributed by atoms with Crippen LogP contribution in [0.15, 0.2) is 30.3 Å². The number of aromatic nitrogens is 2. The minimum atomic E-state index is -0.0290. The summed E-state index contributed by atoms with van der Waals surface area (Å²) in [5.74, 6) is 0.889. The van der Waals surface area contributed by atoms with Crippen LogP contribution >= 0.6 is 0 Å². The Labute approximate surface area is 89.4 Å². The van der Waals surface area contributed by atoms with Gasteiger partial charge >= 0.3 is 0 Å². The highest BCUT2D eigenvalue weighted by Gasteiger charge is 2.10. The van der Waals surface area contributed by atoms with E-state index in [1.54, 1.807) is 0 Å². The number of nitrogens with two attached hydrogens (primary N) is 1. The Balaban J connectivity index is 2.43. The second-order valence-corrected chi connectivity index (χ2v) is 3.75. The van der Waals surface area contributed by atoms with Crippen LogP contribution in [0.25, 0.3) is 11.4 Å². The van der Waals surface area contributed by atoms with Gasteiger partial charge in [0.2, 0.25) is 0 Å². The molecule has 0 saturated carbocycles. The van der Waals surface area contributed by atoms with E-state index >= 15 is 0 Å². The van der Waals surface area contributed by atoms with E-state index < -0.39 is 0 Å². The number of hydrogen-bond donors (Lipinski definition) is 2. The summed E-state index contributed by atoms with van der Waals surface area (Å²) in [5.41, 5.74) is 8.90. The monoisotopic (exact) mass is 201 g/mol. The van der Waals surface area contributed by atoms with Crippen molar-refractivity contribution < 1.29 is 0 Å². The molecule has 3 N–H and O–H groups in total. The normalized spacial score (nSPS) is 12.7. The maximum atomic E-state index is 5.82. The zero-order chi connectivity index (χ0) is 10.8. The predicted octanol–water partition coefficient (Wildman–Crippen LogP) is 2.40. The summed E-state index contributed by atoms with van der Waals surface area (Å²) in [6.07, 6.45) is 0. The zero-order valence-corrected chi connectivity index (χ0v) is 8.99. The molecule has 0 aliphatic rings. The molecular formula is C12H15N3. The van der Waals surface area contributed by atoms with Gasteiger partial charge in [0.25, 0.3) is 0 Å². The van der Waals surface area contributed by atoms with Crippen molar-refractivity contribution in [3.63, 3.8) is 0 Å². The fraction of sp³-hybridized carbons (Fsp3) is 0.250. The Bertz CT molecular complexity index is 443. The van der Waals surface area contributed by atoms with Gasteiger partial charge in [0.1, 0.15) is 5.82 Å². The van der Waals surface area contributed by atoms with Crippen molar-refractivity contribution in [1.82, 2.24) is 9.97 Å². The van der Waals surface area contributed by atoms with Crippen molar-refractivity contribution in [2.75, 3.05) is 0 Å². The highest BCUT2D eigenvalue weighted by atomic mass is 15.0. The predicted molar refractivity (Wildman–Crippen MR) is 61.4 cm³/mol. The number of rotatable bonds is 2. The lowest BCUT2D eigenvalue weighted by Crippen LogP contribution is -2.06. The first kappa shape index (κ1) is 9.93. The minimum absolute atomic E-state index is 0.0290. The van der Waals surface area contributed by atoms with Gasteiger partial charge in [-0.3, -0.25) is 0 Å². The first-order valence-electron chi connectivity index (χ1n) is 5.06. The van der Waals surface area contributed by atoms with E-state index in [2.05, 4.69) is 9.97 Å². The third kappa shape index (κ3) is 1.92. The third-order valence-corrected chi connectivity index (χ3v) is 2.40. The Kier molecular flexibility index (Phi) is 2.56. The Morgan fingerprint density at radius 3 is 2.47 bits per heavy atom. The number of hydrogen-bond acceptors (Lipinski definition) is 2. The lowest BCUT2D eigenvalue weighted by atomic mass is 10.2. The van der Waals surface area contributed by atoms with Gasteiger partial charge in [-0.05, 0) is 13.8 Å². The number of H-pyrrole nitrogens is 1. The molecule has 1 aromatic carbocycles. The molecule has 0 aliphatic heterocycles. The van der Waals surface area contributed by atoms with E-state index in [0.717, 1.165) is 22.8 Å². The molecule has 3 heteroatoms. The lowest BCUT2D eigenvalue weighted by Gasteiger charge is -1.99. The molecular weight excluding hydrogens is 186 g/mol. The summed E-state index contributed by atoms with van der Waals surface area (Å²) in [4.78, 5) is 7.75. The van der Waals surface area contributed by atoms with E-state index in [1.807, 2.05) is 44.2 Å². The van der Waals surface area contributed by atoms with Crippen LogP contribution in [-0.4, -0.2) is 9.97 Å². The first-order chi connectivity index (χ1) is 7.18. The Morgan fingerprint density at radius 2 is 1.93 bits per heavy atom. The van der Waals surface area contributed by atoms with Gasteiger partial charge in [0, 0.05) is 17.3 Å². The van der Waals surface area contributed by atoms with Gasteiger partial charge in [-0.2, -0.15) is 0 Å². The molecule has 1 atom stereocenters. The largest absolute Gasteiger partial charge is 0.342 e. The van der Waals surface area contributed by atoms with Crippen molar-refractivity contribution >= 4 is 0 Å². The van der Waals surface area contributed by atoms with Gasteiger partial charge in [-0.1, -0.05) is 30.3 Å². The van der Waals surface area contributed by atoms with Gasteiger partial charge in [-0.25, -0.2) is 4.98 Å². The van der Waals surface area contributed by atoms with E-state index in [0.29, 0.717) is 0 Å². The van der Waals surface area contributed by atoms with E-state index in [-0.39, 0.29) is 6.04 Å². The maximum Gasteiger partial charge on any atom is 0.137 e. The summed E-state index contributed by atoms with van der Waals surface area (Å²) in [5, 5.41) is 0. The summed E-state index contributed by atoms with van der Waals surface area (Å²) in [6.45, 7) is 3.94. The van der Waals surface area contributed by atoms with Gasteiger partial charge < -0.3 is 10.7 Å². The highest BCUT2D eigenvalue weighted by Crippen LogP contribution is 2.20. The molecule has 0 radical (unpaired) electrons. The fourth-order valence-corrected chi connectivity index (χ4v) is 1.65. The molecule has 78 valence electrons. The summed E-state index contributed by atoms with van der Waals surface area (Å²) >= 11 is 0. The SMILES string of the molecule is Cc1[nH]c(-c2ccccc2)nc1[C@H](C)N. The number of aryl methyl sites for hydroxylation is 1. The lowest BCUT2D eigenvalue weighted by molar-refractivity contribution is 0.781. The highest BCUT2D eigenvalue weighted by molar-refractivity contribution is 5.55. The summed E-state index contributed by atoms with van der Waals surface area (Å²) in [6, 6.07) is 10.0.